The molecule has 1 amide bonds. The maximum Gasteiger partial charge on any atom is 0.251 e. The fourth-order valence-electron chi connectivity index (χ4n) is 1.94. The fourth-order valence-corrected chi connectivity index (χ4v) is 1.94. The molecule has 0 saturated carbocycles. The molecule has 94 valence electrons. The Bertz CT molecular complexity index is 215. The molecule has 1 aliphatic heterocycles. The zero-order valence-electron chi connectivity index (χ0n) is 9.93. The van der Waals surface area contributed by atoms with E-state index in [1.54, 1.807) is 4.90 Å². The van der Waals surface area contributed by atoms with Gasteiger partial charge in [0.1, 0.15) is 6.10 Å². The lowest BCUT2D eigenvalue weighted by Gasteiger charge is -2.35. The Morgan fingerprint density at radius 3 is 2.44 bits per heavy atom. The van der Waals surface area contributed by atoms with Gasteiger partial charge in [-0.2, -0.15) is 0 Å². The van der Waals surface area contributed by atoms with Crippen LogP contribution in [0.15, 0.2) is 0 Å². The number of rotatable bonds is 5. The van der Waals surface area contributed by atoms with Gasteiger partial charge >= 0.3 is 0 Å². The average molecular weight is 230 g/mol. The Morgan fingerprint density at radius 1 is 1.31 bits per heavy atom. The highest BCUT2D eigenvalue weighted by atomic mass is 16.3. The predicted molar refractivity (Wildman–Crippen MR) is 61.0 cm³/mol. The largest absolute Gasteiger partial charge is 0.395 e. The molecule has 0 radical (unpaired) electrons. The first kappa shape index (κ1) is 13.4. The summed E-state index contributed by atoms with van der Waals surface area (Å²) >= 11 is 0. The Morgan fingerprint density at radius 2 is 1.94 bits per heavy atom. The van der Waals surface area contributed by atoms with Gasteiger partial charge < -0.3 is 15.1 Å². The van der Waals surface area contributed by atoms with Crippen LogP contribution >= 0.6 is 0 Å². The van der Waals surface area contributed by atoms with E-state index in [-0.39, 0.29) is 12.5 Å². The first-order valence-electron chi connectivity index (χ1n) is 5.99. The van der Waals surface area contributed by atoms with Crippen LogP contribution in [-0.4, -0.2) is 71.4 Å². The zero-order valence-corrected chi connectivity index (χ0v) is 9.93. The van der Waals surface area contributed by atoms with Gasteiger partial charge in [0.05, 0.1) is 6.61 Å². The average Bonchev–Trinajstić information content (AvgIpc) is 2.30. The van der Waals surface area contributed by atoms with Crippen LogP contribution in [0.2, 0.25) is 0 Å². The molecule has 0 aliphatic carbocycles. The summed E-state index contributed by atoms with van der Waals surface area (Å²) in [6.45, 7) is 5.65. The predicted octanol–water partition coefficient (Wildman–Crippen LogP) is -0.716. The standard InChI is InChI=1S/C11H22N2O3/c1-2-3-10(15)11(16)13-6-4-12(5-7-13)8-9-14/h10,14-15H,2-9H2,1H3. The lowest BCUT2D eigenvalue weighted by Crippen LogP contribution is -2.51. The van der Waals surface area contributed by atoms with E-state index in [0.717, 1.165) is 19.5 Å². The van der Waals surface area contributed by atoms with Gasteiger partial charge in [-0.05, 0) is 6.42 Å². The smallest absolute Gasteiger partial charge is 0.251 e. The number of hydrogen-bond acceptors (Lipinski definition) is 4. The van der Waals surface area contributed by atoms with E-state index in [4.69, 9.17) is 5.11 Å². The van der Waals surface area contributed by atoms with Crippen molar-refractivity contribution in [1.29, 1.82) is 0 Å². The Balaban J connectivity index is 2.32. The quantitative estimate of drug-likeness (QED) is 0.654. The van der Waals surface area contributed by atoms with E-state index in [2.05, 4.69) is 4.90 Å². The highest BCUT2D eigenvalue weighted by molar-refractivity contribution is 5.80. The van der Waals surface area contributed by atoms with Gasteiger partial charge in [-0.1, -0.05) is 13.3 Å². The molecule has 2 N–H and O–H groups in total. The number of aliphatic hydroxyl groups is 2. The lowest BCUT2D eigenvalue weighted by molar-refractivity contribution is -0.142. The van der Waals surface area contributed by atoms with E-state index in [9.17, 15) is 9.90 Å². The number of piperazine rings is 1. The molecular weight excluding hydrogens is 208 g/mol. The SMILES string of the molecule is CCCC(O)C(=O)N1CCN(CCO)CC1. The van der Waals surface area contributed by atoms with Crippen LogP contribution < -0.4 is 0 Å². The summed E-state index contributed by atoms with van der Waals surface area (Å²) in [5.41, 5.74) is 0. The zero-order chi connectivity index (χ0) is 12.0. The maximum atomic E-state index is 11.8. The second-order valence-electron chi connectivity index (χ2n) is 4.20. The summed E-state index contributed by atoms with van der Waals surface area (Å²) in [5, 5.41) is 18.4. The van der Waals surface area contributed by atoms with Crippen molar-refractivity contribution in [2.24, 2.45) is 0 Å². The first-order valence-corrected chi connectivity index (χ1v) is 5.99. The molecule has 1 unspecified atom stereocenters. The van der Waals surface area contributed by atoms with Crippen LogP contribution in [0.25, 0.3) is 0 Å². The van der Waals surface area contributed by atoms with Crippen LogP contribution in [0, 0.1) is 0 Å². The molecule has 0 bridgehead atoms. The van der Waals surface area contributed by atoms with Crippen LogP contribution in [-0.2, 0) is 4.79 Å². The third-order valence-electron chi connectivity index (χ3n) is 2.95. The van der Waals surface area contributed by atoms with Gasteiger partial charge in [0.15, 0.2) is 0 Å². The number of carbonyl (C=O) groups excluding carboxylic acids is 1. The van der Waals surface area contributed by atoms with Crippen molar-refractivity contribution in [3.63, 3.8) is 0 Å². The van der Waals surface area contributed by atoms with Gasteiger partial charge in [0.2, 0.25) is 0 Å². The highest BCUT2D eigenvalue weighted by Crippen LogP contribution is 2.06. The van der Waals surface area contributed by atoms with E-state index in [0.29, 0.717) is 26.1 Å². The van der Waals surface area contributed by atoms with Crippen molar-refractivity contribution in [1.82, 2.24) is 9.80 Å². The second-order valence-corrected chi connectivity index (χ2v) is 4.20. The van der Waals surface area contributed by atoms with E-state index in [1.165, 1.54) is 0 Å². The maximum absolute atomic E-state index is 11.8. The minimum absolute atomic E-state index is 0.148. The summed E-state index contributed by atoms with van der Waals surface area (Å²) in [6, 6.07) is 0. The van der Waals surface area contributed by atoms with Crippen LogP contribution in [0.1, 0.15) is 19.8 Å². The number of hydrogen-bond donors (Lipinski definition) is 2. The van der Waals surface area contributed by atoms with E-state index in [1.807, 2.05) is 6.92 Å². The molecule has 0 aromatic heterocycles. The van der Waals surface area contributed by atoms with Crippen molar-refractivity contribution in [3.05, 3.63) is 0 Å². The molecule has 1 fully saturated rings. The Kier molecular flexibility index (Phi) is 5.73. The highest BCUT2D eigenvalue weighted by Gasteiger charge is 2.25. The molecule has 1 atom stereocenters. The van der Waals surface area contributed by atoms with Crippen LogP contribution in [0.5, 0.6) is 0 Å². The fraction of sp³-hybridized carbons (Fsp3) is 0.909. The van der Waals surface area contributed by atoms with Gasteiger partial charge in [0.25, 0.3) is 5.91 Å². The summed E-state index contributed by atoms with van der Waals surface area (Å²) in [7, 11) is 0. The van der Waals surface area contributed by atoms with Gasteiger partial charge in [0, 0.05) is 32.7 Å². The van der Waals surface area contributed by atoms with Crippen molar-refractivity contribution < 1.29 is 15.0 Å². The summed E-state index contributed by atoms with van der Waals surface area (Å²) < 4.78 is 0. The van der Waals surface area contributed by atoms with Crippen LogP contribution in [0.4, 0.5) is 0 Å². The molecule has 5 nitrogen and oxygen atoms in total. The molecule has 16 heavy (non-hydrogen) atoms. The molecule has 1 aliphatic rings. The van der Waals surface area contributed by atoms with Gasteiger partial charge in [-0.15, -0.1) is 0 Å². The minimum atomic E-state index is -0.839. The molecule has 1 heterocycles. The summed E-state index contributed by atoms with van der Waals surface area (Å²) in [4.78, 5) is 15.6. The van der Waals surface area contributed by atoms with Crippen LogP contribution in [0.3, 0.4) is 0 Å². The van der Waals surface area contributed by atoms with Gasteiger partial charge in [-0.3, -0.25) is 9.69 Å². The van der Waals surface area contributed by atoms with E-state index < -0.39 is 6.10 Å². The minimum Gasteiger partial charge on any atom is -0.395 e. The lowest BCUT2D eigenvalue weighted by atomic mass is 10.1. The third-order valence-corrected chi connectivity index (χ3v) is 2.95. The van der Waals surface area contributed by atoms with Crippen molar-refractivity contribution in [3.8, 4) is 0 Å². The van der Waals surface area contributed by atoms with Crippen molar-refractivity contribution >= 4 is 5.91 Å². The summed E-state index contributed by atoms with van der Waals surface area (Å²) in [5.74, 6) is -0.148. The number of nitrogens with zero attached hydrogens (tertiary/aromatic N) is 2. The monoisotopic (exact) mass is 230 g/mol. The topological polar surface area (TPSA) is 64.0 Å². The summed E-state index contributed by atoms with van der Waals surface area (Å²) in [6.07, 6.45) is 0.516. The molecular formula is C11H22N2O3. The first-order chi connectivity index (χ1) is 7.69. The Hall–Kier alpha value is -0.650. The van der Waals surface area contributed by atoms with E-state index >= 15 is 0 Å². The molecule has 0 aromatic carbocycles. The normalized spacial score (nSPS) is 19.8. The molecule has 1 rings (SSSR count). The third kappa shape index (κ3) is 3.73. The molecule has 0 aromatic rings. The van der Waals surface area contributed by atoms with Gasteiger partial charge in [-0.25, -0.2) is 0 Å². The number of carbonyl (C=O) groups is 1. The molecule has 0 spiro atoms. The number of amides is 1. The molecule has 5 heteroatoms. The van der Waals surface area contributed by atoms with Crippen molar-refractivity contribution in [2.75, 3.05) is 39.3 Å². The molecule has 1 saturated heterocycles. The second kappa shape index (κ2) is 6.83. The van der Waals surface area contributed by atoms with Crippen molar-refractivity contribution in [2.45, 2.75) is 25.9 Å². The number of β-amino-alcohol motifs (C(OH)–C–C–N with tert-alkyl or cyclic N) is 1. The number of aliphatic hydroxyl groups excluding tert-OH is 2. The Labute approximate surface area is 96.7 Å².